The SMILES string of the molecule is CCc1nc(NN)cc(NC(CC)CCO)n1. The van der Waals surface area contributed by atoms with Crippen LogP contribution in [0.15, 0.2) is 6.07 Å². The van der Waals surface area contributed by atoms with Crippen molar-refractivity contribution in [2.45, 2.75) is 39.2 Å². The molecule has 5 N–H and O–H groups in total. The maximum atomic E-state index is 8.94. The summed E-state index contributed by atoms with van der Waals surface area (Å²) in [5.41, 5.74) is 2.52. The minimum atomic E-state index is 0.166. The number of hydrogen-bond acceptors (Lipinski definition) is 6. The number of anilines is 2. The Morgan fingerprint density at radius 2 is 2.06 bits per heavy atom. The van der Waals surface area contributed by atoms with Gasteiger partial charge in [0, 0.05) is 25.1 Å². The number of aliphatic hydroxyl groups excluding tert-OH is 1. The highest BCUT2D eigenvalue weighted by Gasteiger charge is 2.08. The van der Waals surface area contributed by atoms with Crippen LogP contribution in [0.25, 0.3) is 0 Å². The van der Waals surface area contributed by atoms with Crippen molar-refractivity contribution in [2.75, 3.05) is 17.3 Å². The standard InChI is InChI=1S/C11H21N5O/c1-3-8(5-6-17)13-10-7-11(16-12)15-9(4-2)14-10/h7-8,17H,3-6,12H2,1-2H3,(H2,13,14,15,16). The predicted molar refractivity (Wildman–Crippen MR) is 68.6 cm³/mol. The van der Waals surface area contributed by atoms with Crippen LogP contribution in [-0.4, -0.2) is 27.7 Å². The fourth-order valence-corrected chi connectivity index (χ4v) is 1.55. The molecule has 1 atom stereocenters. The van der Waals surface area contributed by atoms with E-state index in [0.29, 0.717) is 12.2 Å². The molecule has 1 aromatic heterocycles. The van der Waals surface area contributed by atoms with Crippen LogP contribution in [0, 0.1) is 0 Å². The van der Waals surface area contributed by atoms with Crippen LogP contribution in [0.2, 0.25) is 0 Å². The van der Waals surface area contributed by atoms with Crippen molar-refractivity contribution in [1.29, 1.82) is 0 Å². The highest BCUT2D eigenvalue weighted by atomic mass is 16.3. The molecule has 1 aromatic rings. The number of hydrogen-bond donors (Lipinski definition) is 4. The lowest BCUT2D eigenvalue weighted by Gasteiger charge is -2.17. The molecule has 0 fully saturated rings. The van der Waals surface area contributed by atoms with E-state index in [0.717, 1.165) is 24.5 Å². The lowest BCUT2D eigenvalue weighted by Crippen LogP contribution is -2.21. The quantitative estimate of drug-likeness (QED) is 0.417. The Morgan fingerprint density at radius 3 is 2.59 bits per heavy atom. The minimum Gasteiger partial charge on any atom is -0.396 e. The number of aromatic nitrogens is 2. The van der Waals surface area contributed by atoms with Crippen molar-refractivity contribution in [3.05, 3.63) is 11.9 Å². The van der Waals surface area contributed by atoms with Crippen molar-refractivity contribution < 1.29 is 5.11 Å². The summed E-state index contributed by atoms with van der Waals surface area (Å²) in [7, 11) is 0. The molecule has 0 spiro atoms. The van der Waals surface area contributed by atoms with Crippen LogP contribution in [0.1, 0.15) is 32.5 Å². The average molecular weight is 239 g/mol. The molecule has 0 aliphatic heterocycles. The molecule has 0 saturated carbocycles. The van der Waals surface area contributed by atoms with Gasteiger partial charge in [0.25, 0.3) is 0 Å². The second kappa shape index (κ2) is 7.03. The summed E-state index contributed by atoms with van der Waals surface area (Å²) in [5.74, 6) is 7.43. The molecule has 0 bridgehead atoms. The van der Waals surface area contributed by atoms with Gasteiger partial charge in [-0.15, -0.1) is 0 Å². The molecule has 0 aliphatic rings. The Kier molecular flexibility index (Phi) is 5.65. The van der Waals surface area contributed by atoms with Crippen LogP contribution in [0.3, 0.4) is 0 Å². The van der Waals surface area contributed by atoms with Crippen LogP contribution in [0.4, 0.5) is 11.6 Å². The molecule has 17 heavy (non-hydrogen) atoms. The lowest BCUT2D eigenvalue weighted by atomic mass is 10.1. The summed E-state index contributed by atoms with van der Waals surface area (Å²) in [4.78, 5) is 8.58. The monoisotopic (exact) mass is 239 g/mol. The van der Waals surface area contributed by atoms with E-state index in [-0.39, 0.29) is 12.6 Å². The Hall–Kier alpha value is -1.40. The highest BCUT2D eigenvalue weighted by molar-refractivity contribution is 5.47. The number of aryl methyl sites for hydroxylation is 1. The third kappa shape index (κ3) is 4.16. The van der Waals surface area contributed by atoms with Crippen LogP contribution < -0.4 is 16.6 Å². The van der Waals surface area contributed by atoms with E-state index < -0.39 is 0 Å². The predicted octanol–water partition coefficient (Wildman–Crippen LogP) is 0.897. The largest absolute Gasteiger partial charge is 0.396 e. The van der Waals surface area contributed by atoms with E-state index in [1.807, 2.05) is 6.92 Å². The van der Waals surface area contributed by atoms with Gasteiger partial charge in [0.2, 0.25) is 0 Å². The van der Waals surface area contributed by atoms with Crippen molar-refractivity contribution in [2.24, 2.45) is 5.84 Å². The van der Waals surface area contributed by atoms with Gasteiger partial charge >= 0.3 is 0 Å². The summed E-state index contributed by atoms with van der Waals surface area (Å²) in [6, 6.07) is 1.98. The normalized spacial score (nSPS) is 12.2. The number of rotatable bonds is 7. The molecule has 0 radical (unpaired) electrons. The Morgan fingerprint density at radius 1 is 1.35 bits per heavy atom. The van der Waals surface area contributed by atoms with Crippen molar-refractivity contribution in [1.82, 2.24) is 9.97 Å². The molecule has 0 saturated heterocycles. The van der Waals surface area contributed by atoms with E-state index in [4.69, 9.17) is 10.9 Å². The molecular weight excluding hydrogens is 218 g/mol. The Bertz CT molecular complexity index is 322. The number of nitrogen functional groups attached to an aromatic ring is 1. The van der Waals surface area contributed by atoms with Crippen LogP contribution in [0.5, 0.6) is 0 Å². The molecule has 6 heteroatoms. The maximum absolute atomic E-state index is 8.94. The Labute approximate surface area is 102 Å². The van der Waals surface area contributed by atoms with Gasteiger partial charge in [-0.05, 0) is 12.8 Å². The number of hydrazine groups is 1. The van der Waals surface area contributed by atoms with Gasteiger partial charge in [-0.1, -0.05) is 13.8 Å². The summed E-state index contributed by atoms with van der Waals surface area (Å²) >= 11 is 0. The van der Waals surface area contributed by atoms with E-state index in [1.54, 1.807) is 6.07 Å². The lowest BCUT2D eigenvalue weighted by molar-refractivity contribution is 0.278. The van der Waals surface area contributed by atoms with Crippen LogP contribution >= 0.6 is 0 Å². The first kappa shape index (κ1) is 13.7. The summed E-state index contributed by atoms with van der Waals surface area (Å²) in [6.07, 6.45) is 2.38. The molecule has 0 aliphatic carbocycles. The zero-order valence-corrected chi connectivity index (χ0v) is 10.4. The van der Waals surface area contributed by atoms with Crippen LogP contribution in [-0.2, 0) is 6.42 Å². The van der Waals surface area contributed by atoms with Crippen molar-refractivity contribution in [3.63, 3.8) is 0 Å². The Balaban J connectivity index is 2.81. The molecule has 1 rings (SSSR count). The van der Waals surface area contributed by atoms with E-state index in [1.165, 1.54) is 0 Å². The number of nitrogens with two attached hydrogens (primary N) is 1. The van der Waals surface area contributed by atoms with E-state index >= 15 is 0 Å². The van der Waals surface area contributed by atoms with Gasteiger partial charge in [0.15, 0.2) is 0 Å². The van der Waals surface area contributed by atoms with Gasteiger partial charge in [-0.2, -0.15) is 0 Å². The second-order valence-corrected chi connectivity index (χ2v) is 3.81. The first-order valence-electron chi connectivity index (χ1n) is 5.95. The summed E-state index contributed by atoms with van der Waals surface area (Å²) in [5, 5.41) is 12.2. The molecule has 0 amide bonds. The molecule has 1 unspecified atom stereocenters. The molecule has 1 heterocycles. The number of aliphatic hydroxyl groups is 1. The smallest absolute Gasteiger partial charge is 0.145 e. The molecule has 0 aromatic carbocycles. The van der Waals surface area contributed by atoms with Gasteiger partial charge in [-0.25, -0.2) is 15.8 Å². The molecular formula is C11H21N5O. The average Bonchev–Trinajstić information content (AvgIpc) is 2.37. The van der Waals surface area contributed by atoms with E-state index in [2.05, 4.69) is 27.6 Å². The highest BCUT2D eigenvalue weighted by Crippen LogP contribution is 2.13. The fraction of sp³-hybridized carbons (Fsp3) is 0.636. The third-order valence-corrected chi connectivity index (χ3v) is 2.56. The van der Waals surface area contributed by atoms with Gasteiger partial charge < -0.3 is 15.8 Å². The summed E-state index contributed by atoms with van der Waals surface area (Å²) in [6.45, 7) is 4.22. The van der Waals surface area contributed by atoms with Crippen molar-refractivity contribution >= 4 is 11.6 Å². The van der Waals surface area contributed by atoms with Gasteiger partial charge in [0.05, 0.1) is 0 Å². The maximum Gasteiger partial charge on any atom is 0.145 e. The molecule has 6 nitrogen and oxygen atoms in total. The van der Waals surface area contributed by atoms with Crippen molar-refractivity contribution in [3.8, 4) is 0 Å². The fourth-order valence-electron chi connectivity index (χ4n) is 1.55. The minimum absolute atomic E-state index is 0.166. The molecule has 96 valence electrons. The topological polar surface area (TPSA) is 96.1 Å². The van der Waals surface area contributed by atoms with Gasteiger partial charge in [0.1, 0.15) is 17.5 Å². The van der Waals surface area contributed by atoms with Gasteiger partial charge in [-0.3, -0.25) is 0 Å². The third-order valence-electron chi connectivity index (χ3n) is 2.56. The zero-order chi connectivity index (χ0) is 12.7. The first-order chi connectivity index (χ1) is 8.23. The van der Waals surface area contributed by atoms with E-state index in [9.17, 15) is 0 Å². The summed E-state index contributed by atoms with van der Waals surface area (Å²) < 4.78 is 0. The first-order valence-corrected chi connectivity index (χ1v) is 5.95. The number of nitrogens with one attached hydrogen (secondary N) is 2. The number of nitrogens with zero attached hydrogens (tertiary/aromatic N) is 2. The zero-order valence-electron chi connectivity index (χ0n) is 10.4. The second-order valence-electron chi connectivity index (χ2n) is 3.81.